The van der Waals surface area contributed by atoms with Crippen LogP contribution in [-0.2, 0) is 4.79 Å². The van der Waals surface area contributed by atoms with Gasteiger partial charge in [0, 0.05) is 6.54 Å². The molecule has 1 aliphatic heterocycles. The van der Waals surface area contributed by atoms with E-state index in [4.69, 9.17) is 5.11 Å². The highest BCUT2D eigenvalue weighted by molar-refractivity contribution is 5.79. The van der Waals surface area contributed by atoms with E-state index in [-0.39, 0.29) is 5.92 Å². The minimum atomic E-state index is -4.68. The lowest BCUT2D eigenvalue weighted by molar-refractivity contribution is -0.201. The second kappa shape index (κ2) is 4.80. The highest BCUT2D eigenvalue weighted by Gasteiger charge is 2.38. The number of carbonyl (C=O) groups is 1. The van der Waals surface area contributed by atoms with Crippen molar-refractivity contribution in [2.24, 2.45) is 5.92 Å². The zero-order valence-corrected chi connectivity index (χ0v) is 7.97. The molecule has 1 amide bonds. The Hall–Kier alpha value is -0.820. The molecule has 0 bridgehead atoms. The van der Waals surface area contributed by atoms with E-state index in [0.29, 0.717) is 19.5 Å². The number of halogens is 3. The molecule has 2 atom stereocenters. The largest absolute Gasteiger partial charge is 0.416 e. The molecule has 1 aliphatic rings. The van der Waals surface area contributed by atoms with Crippen LogP contribution in [0, 0.1) is 5.92 Å². The van der Waals surface area contributed by atoms with Crippen LogP contribution in [-0.4, -0.2) is 42.9 Å². The Kier molecular flexibility index (Phi) is 3.92. The fourth-order valence-corrected chi connectivity index (χ4v) is 1.34. The molecule has 88 valence electrons. The van der Waals surface area contributed by atoms with Crippen molar-refractivity contribution in [1.29, 1.82) is 0 Å². The van der Waals surface area contributed by atoms with Crippen molar-refractivity contribution in [3.63, 3.8) is 0 Å². The van der Waals surface area contributed by atoms with Crippen molar-refractivity contribution >= 4 is 5.91 Å². The van der Waals surface area contributed by atoms with Crippen molar-refractivity contribution in [2.45, 2.75) is 18.7 Å². The minimum Gasteiger partial charge on any atom is -0.382 e. The van der Waals surface area contributed by atoms with E-state index < -0.39 is 24.7 Å². The van der Waals surface area contributed by atoms with Gasteiger partial charge in [-0.1, -0.05) is 0 Å². The van der Waals surface area contributed by atoms with Gasteiger partial charge in [-0.3, -0.25) is 4.79 Å². The van der Waals surface area contributed by atoms with Crippen LogP contribution in [0.1, 0.15) is 6.42 Å². The summed E-state index contributed by atoms with van der Waals surface area (Å²) in [5.41, 5.74) is 0. The summed E-state index contributed by atoms with van der Waals surface area (Å²) >= 11 is 0. The quantitative estimate of drug-likeness (QED) is 0.615. The average Bonchev–Trinajstić information content (AvgIpc) is 2.64. The van der Waals surface area contributed by atoms with Gasteiger partial charge in [0.1, 0.15) is 0 Å². The van der Waals surface area contributed by atoms with Crippen LogP contribution in [0.4, 0.5) is 13.2 Å². The average molecular weight is 226 g/mol. The smallest absolute Gasteiger partial charge is 0.382 e. The summed E-state index contributed by atoms with van der Waals surface area (Å²) in [5.74, 6) is -0.728. The van der Waals surface area contributed by atoms with Gasteiger partial charge in [-0.15, -0.1) is 0 Å². The van der Waals surface area contributed by atoms with Gasteiger partial charge in [0.2, 0.25) is 5.91 Å². The number of aliphatic hydroxyl groups excluding tert-OH is 1. The van der Waals surface area contributed by atoms with Crippen molar-refractivity contribution in [3.05, 3.63) is 0 Å². The number of rotatable bonds is 3. The van der Waals surface area contributed by atoms with Gasteiger partial charge in [-0.25, -0.2) is 0 Å². The number of amides is 1. The van der Waals surface area contributed by atoms with Crippen LogP contribution < -0.4 is 10.6 Å². The number of carbonyl (C=O) groups excluding carboxylic acids is 1. The standard InChI is InChI=1S/C8H13F3N2O2/c9-8(10,11)6(14)4-13-7(15)5-1-2-12-3-5/h5-6,12,14H,1-4H2,(H,13,15)/t5-,6?/m1/s1. The molecule has 1 saturated heterocycles. The lowest BCUT2D eigenvalue weighted by Crippen LogP contribution is -2.43. The van der Waals surface area contributed by atoms with E-state index in [0.717, 1.165) is 0 Å². The van der Waals surface area contributed by atoms with Gasteiger partial charge < -0.3 is 15.7 Å². The molecule has 1 heterocycles. The van der Waals surface area contributed by atoms with E-state index in [1.165, 1.54) is 0 Å². The Balaban J connectivity index is 2.27. The third kappa shape index (κ3) is 3.67. The maximum absolute atomic E-state index is 11.9. The van der Waals surface area contributed by atoms with Crippen LogP contribution in [0.25, 0.3) is 0 Å². The Morgan fingerprint density at radius 2 is 2.27 bits per heavy atom. The summed E-state index contributed by atoms with van der Waals surface area (Å²) in [6.45, 7) is 0.396. The first-order valence-corrected chi connectivity index (χ1v) is 4.64. The molecule has 7 heteroatoms. The molecule has 0 saturated carbocycles. The Morgan fingerprint density at radius 3 is 2.73 bits per heavy atom. The summed E-state index contributed by atoms with van der Waals surface area (Å²) in [6.07, 6.45) is -6.55. The third-order valence-corrected chi connectivity index (χ3v) is 2.28. The van der Waals surface area contributed by atoms with E-state index in [2.05, 4.69) is 10.6 Å². The maximum atomic E-state index is 11.9. The van der Waals surface area contributed by atoms with Gasteiger partial charge >= 0.3 is 6.18 Å². The van der Waals surface area contributed by atoms with Gasteiger partial charge in [-0.2, -0.15) is 13.2 Å². The number of hydrogen-bond donors (Lipinski definition) is 3. The van der Waals surface area contributed by atoms with Gasteiger partial charge in [-0.05, 0) is 13.0 Å². The topological polar surface area (TPSA) is 61.4 Å². The number of hydrogen-bond acceptors (Lipinski definition) is 3. The van der Waals surface area contributed by atoms with E-state index in [1.807, 2.05) is 0 Å². The molecule has 0 spiro atoms. The summed E-state index contributed by atoms with van der Waals surface area (Å²) in [4.78, 5) is 11.2. The second-order valence-corrected chi connectivity index (χ2v) is 3.49. The molecule has 0 aromatic heterocycles. The van der Waals surface area contributed by atoms with Crippen molar-refractivity contribution < 1.29 is 23.1 Å². The zero-order valence-electron chi connectivity index (χ0n) is 7.97. The van der Waals surface area contributed by atoms with E-state index >= 15 is 0 Å². The minimum absolute atomic E-state index is 0.287. The van der Waals surface area contributed by atoms with Crippen molar-refractivity contribution in [1.82, 2.24) is 10.6 Å². The lowest BCUT2D eigenvalue weighted by Gasteiger charge is -2.16. The number of nitrogens with one attached hydrogen (secondary N) is 2. The van der Waals surface area contributed by atoms with Crippen LogP contribution in [0.2, 0.25) is 0 Å². The first-order chi connectivity index (χ1) is 6.91. The molecule has 3 N–H and O–H groups in total. The molecular weight excluding hydrogens is 213 g/mol. The normalized spacial score (nSPS) is 23.9. The highest BCUT2D eigenvalue weighted by atomic mass is 19.4. The lowest BCUT2D eigenvalue weighted by atomic mass is 10.1. The molecule has 4 nitrogen and oxygen atoms in total. The first-order valence-electron chi connectivity index (χ1n) is 4.64. The van der Waals surface area contributed by atoms with Crippen molar-refractivity contribution in [3.8, 4) is 0 Å². The van der Waals surface area contributed by atoms with E-state index in [1.54, 1.807) is 0 Å². The fourth-order valence-electron chi connectivity index (χ4n) is 1.34. The molecule has 0 radical (unpaired) electrons. The molecule has 1 unspecified atom stereocenters. The maximum Gasteiger partial charge on any atom is 0.416 e. The zero-order chi connectivity index (χ0) is 11.5. The summed E-state index contributed by atoms with van der Waals surface area (Å²) in [6, 6.07) is 0. The Labute approximate surface area is 84.8 Å². The van der Waals surface area contributed by atoms with Crippen molar-refractivity contribution in [2.75, 3.05) is 19.6 Å². The predicted molar refractivity (Wildman–Crippen MR) is 46.0 cm³/mol. The predicted octanol–water partition coefficient (Wildman–Crippen LogP) is -0.365. The van der Waals surface area contributed by atoms with Gasteiger partial charge in [0.05, 0.1) is 12.5 Å². The van der Waals surface area contributed by atoms with Crippen LogP contribution >= 0.6 is 0 Å². The Bertz CT molecular complexity index is 226. The summed E-state index contributed by atoms with van der Waals surface area (Å²) in [7, 11) is 0. The highest BCUT2D eigenvalue weighted by Crippen LogP contribution is 2.19. The fraction of sp³-hybridized carbons (Fsp3) is 0.875. The molecule has 0 aliphatic carbocycles. The second-order valence-electron chi connectivity index (χ2n) is 3.49. The molecule has 0 aromatic rings. The van der Waals surface area contributed by atoms with Gasteiger partial charge in [0.15, 0.2) is 6.10 Å². The monoisotopic (exact) mass is 226 g/mol. The van der Waals surface area contributed by atoms with Gasteiger partial charge in [0.25, 0.3) is 0 Å². The molecule has 1 rings (SSSR count). The molecule has 1 fully saturated rings. The third-order valence-electron chi connectivity index (χ3n) is 2.28. The molecular formula is C8H13F3N2O2. The summed E-state index contributed by atoms with van der Waals surface area (Å²) in [5, 5.41) is 13.6. The molecule has 0 aromatic carbocycles. The first kappa shape index (κ1) is 12.3. The van der Waals surface area contributed by atoms with Crippen LogP contribution in [0.3, 0.4) is 0 Å². The van der Waals surface area contributed by atoms with Crippen LogP contribution in [0.5, 0.6) is 0 Å². The SMILES string of the molecule is O=C(NCC(O)C(F)(F)F)[C@@H]1CCNC1. The van der Waals surface area contributed by atoms with E-state index in [9.17, 15) is 18.0 Å². The molecule has 15 heavy (non-hydrogen) atoms. The Morgan fingerprint density at radius 1 is 1.60 bits per heavy atom. The van der Waals surface area contributed by atoms with Crippen LogP contribution in [0.15, 0.2) is 0 Å². The number of aliphatic hydroxyl groups is 1. The summed E-state index contributed by atoms with van der Waals surface area (Å²) < 4.78 is 35.6. The number of alkyl halides is 3.